The van der Waals surface area contributed by atoms with Gasteiger partial charge >= 0.3 is 12.2 Å². The summed E-state index contributed by atoms with van der Waals surface area (Å²) in [6, 6.07) is 7.27. The highest BCUT2D eigenvalue weighted by molar-refractivity contribution is 5.89. The molecule has 2 N–H and O–H groups in total. The normalized spacial score (nSPS) is 19.4. The number of carbonyl (C=O) groups excluding carboxylic acids is 1. The van der Waals surface area contributed by atoms with E-state index in [9.17, 15) is 26.7 Å². The Labute approximate surface area is 170 Å². The van der Waals surface area contributed by atoms with Gasteiger partial charge < -0.3 is 15.4 Å². The SMILES string of the molecule is O=C(Nc1cccc(C(F)(F)F)c1)NC1CCC(OCc2c(F)cccc2F)CC1. The second-order valence-electron chi connectivity index (χ2n) is 7.16. The van der Waals surface area contributed by atoms with Crippen LogP contribution < -0.4 is 10.6 Å². The van der Waals surface area contributed by atoms with E-state index in [-0.39, 0.29) is 30.0 Å². The van der Waals surface area contributed by atoms with Crippen molar-refractivity contribution in [2.24, 2.45) is 0 Å². The molecule has 1 aliphatic rings. The highest BCUT2D eigenvalue weighted by atomic mass is 19.4. The fourth-order valence-electron chi connectivity index (χ4n) is 3.37. The lowest BCUT2D eigenvalue weighted by Gasteiger charge is -2.29. The summed E-state index contributed by atoms with van der Waals surface area (Å²) >= 11 is 0. The smallest absolute Gasteiger partial charge is 0.373 e. The minimum absolute atomic E-state index is 0.0475. The minimum Gasteiger partial charge on any atom is -0.373 e. The summed E-state index contributed by atoms with van der Waals surface area (Å²) in [5, 5.41) is 5.14. The van der Waals surface area contributed by atoms with Crippen LogP contribution in [0, 0.1) is 11.6 Å². The van der Waals surface area contributed by atoms with Gasteiger partial charge in [0.1, 0.15) is 11.6 Å². The number of amides is 2. The molecule has 0 unspecified atom stereocenters. The van der Waals surface area contributed by atoms with Crippen LogP contribution in [-0.4, -0.2) is 18.2 Å². The molecule has 1 saturated carbocycles. The molecule has 1 aliphatic carbocycles. The van der Waals surface area contributed by atoms with Crippen LogP contribution in [0.3, 0.4) is 0 Å². The summed E-state index contributed by atoms with van der Waals surface area (Å²) in [4.78, 5) is 12.1. The van der Waals surface area contributed by atoms with Gasteiger partial charge in [-0.2, -0.15) is 13.2 Å². The van der Waals surface area contributed by atoms with E-state index in [1.54, 1.807) is 0 Å². The number of rotatable bonds is 5. The van der Waals surface area contributed by atoms with E-state index >= 15 is 0 Å². The molecule has 4 nitrogen and oxygen atoms in total. The molecular formula is C21H21F5N2O2. The first-order valence-electron chi connectivity index (χ1n) is 9.51. The van der Waals surface area contributed by atoms with Crippen molar-refractivity contribution < 1.29 is 31.5 Å². The Morgan fingerprint density at radius 2 is 1.63 bits per heavy atom. The number of ether oxygens (including phenoxy) is 1. The topological polar surface area (TPSA) is 50.4 Å². The van der Waals surface area contributed by atoms with Crippen molar-refractivity contribution in [3.8, 4) is 0 Å². The second kappa shape index (κ2) is 9.42. The number of halogens is 5. The zero-order chi connectivity index (χ0) is 21.7. The van der Waals surface area contributed by atoms with Crippen molar-refractivity contribution >= 4 is 11.7 Å². The van der Waals surface area contributed by atoms with Crippen LogP contribution in [0.2, 0.25) is 0 Å². The molecular weight excluding hydrogens is 407 g/mol. The number of alkyl halides is 3. The van der Waals surface area contributed by atoms with Crippen LogP contribution in [0.15, 0.2) is 42.5 Å². The molecule has 0 saturated heterocycles. The first-order chi connectivity index (χ1) is 14.2. The maximum atomic E-state index is 13.6. The number of anilines is 1. The summed E-state index contributed by atoms with van der Waals surface area (Å²) in [6.07, 6.45) is -2.33. The first kappa shape index (κ1) is 22.0. The fraction of sp³-hybridized carbons (Fsp3) is 0.381. The highest BCUT2D eigenvalue weighted by Gasteiger charge is 2.30. The lowest BCUT2D eigenvalue weighted by Crippen LogP contribution is -2.41. The minimum atomic E-state index is -4.49. The van der Waals surface area contributed by atoms with Crippen molar-refractivity contribution in [1.29, 1.82) is 0 Å². The van der Waals surface area contributed by atoms with Crippen molar-refractivity contribution in [2.45, 2.75) is 50.6 Å². The predicted molar refractivity (Wildman–Crippen MR) is 101 cm³/mol. The molecule has 2 aromatic carbocycles. The van der Waals surface area contributed by atoms with Gasteiger partial charge in [0.2, 0.25) is 0 Å². The number of carbonyl (C=O) groups is 1. The maximum Gasteiger partial charge on any atom is 0.416 e. The number of benzene rings is 2. The Kier molecular flexibility index (Phi) is 6.91. The molecule has 0 spiro atoms. The Morgan fingerprint density at radius 3 is 2.27 bits per heavy atom. The lowest BCUT2D eigenvalue weighted by molar-refractivity contribution is -0.137. The standard InChI is InChI=1S/C21H21F5N2O2/c22-18-5-2-6-19(23)17(18)12-30-16-9-7-14(8-10-16)27-20(29)28-15-4-1-3-13(11-15)21(24,25)26/h1-6,11,14,16H,7-10,12H2,(H2,27,28,29). The summed E-state index contributed by atoms with van der Waals surface area (Å²) in [5.41, 5.74) is -0.909. The Bertz CT molecular complexity index is 860. The van der Waals surface area contributed by atoms with Crippen molar-refractivity contribution in [3.05, 3.63) is 65.2 Å². The maximum absolute atomic E-state index is 13.6. The van der Waals surface area contributed by atoms with Crippen molar-refractivity contribution in [1.82, 2.24) is 5.32 Å². The van der Waals surface area contributed by atoms with Gasteiger partial charge in [0.25, 0.3) is 0 Å². The lowest BCUT2D eigenvalue weighted by atomic mass is 9.93. The molecule has 9 heteroatoms. The molecule has 30 heavy (non-hydrogen) atoms. The Morgan fingerprint density at radius 1 is 1.00 bits per heavy atom. The van der Waals surface area contributed by atoms with Crippen LogP contribution >= 0.6 is 0 Å². The van der Waals surface area contributed by atoms with E-state index in [0.29, 0.717) is 25.7 Å². The number of hydrogen-bond acceptors (Lipinski definition) is 2. The first-order valence-corrected chi connectivity index (χ1v) is 9.51. The molecule has 0 radical (unpaired) electrons. The molecule has 0 heterocycles. The molecule has 162 valence electrons. The molecule has 0 aromatic heterocycles. The predicted octanol–water partition coefficient (Wildman–Crippen LogP) is 5.63. The van der Waals surface area contributed by atoms with E-state index in [2.05, 4.69) is 10.6 Å². The van der Waals surface area contributed by atoms with Crippen molar-refractivity contribution in [2.75, 3.05) is 5.32 Å². The number of hydrogen-bond donors (Lipinski definition) is 2. The van der Waals surface area contributed by atoms with Gasteiger partial charge in [-0.15, -0.1) is 0 Å². The summed E-state index contributed by atoms with van der Waals surface area (Å²) in [5.74, 6) is -1.31. The van der Waals surface area contributed by atoms with Gasteiger partial charge in [0.05, 0.1) is 18.3 Å². The Balaban J connectivity index is 1.44. The molecule has 2 aromatic rings. The molecule has 1 fully saturated rings. The van der Waals surface area contributed by atoms with Gasteiger partial charge in [0, 0.05) is 17.3 Å². The third kappa shape index (κ3) is 5.91. The largest absolute Gasteiger partial charge is 0.416 e. The fourth-order valence-corrected chi connectivity index (χ4v) is 3.37. The van der Waals surface area contributed by atoms with E-state index in [1.807, 2.05) is 0 Å². The quantitative estimate of drug-likeness (QED) is 0.606. The van der Waals surface area contributed by atoms with Gasteiger partial charge in [-0.05, 0) is 56.0 Å². The average Bonchev–Trinajstić information content (AvgIpc) is 2.68. The van der Waals surface area contributed by atoms with Gasteiger partial charge in [-0.1, -0.05) is 12.1 Å². The summed E-state index contributed by atoms with van der Waals surface area (Å²) in [7, 11) is 0. The molecule has 0 aliphatic heterocycles. The third-order valence-corrected chi connectivity index (χ3v) is 4.98. The van der Waals surface area contributed by atoms with Crippen LogP contribution in [0.1, 0.15) is 36.8 Å². The average molecular weight is 428 g/mol. The van der Waals surface area contributed by atoms with E-state index in [4.69, 9.17) is 4.74 Å². The van der Waals surface area contributed by atoms with E-state index < -0.39 is 29.4 Å². The zero-order valence-corrected chi connectivity index (χ0v) is 15.9. The van der Waals surface area contributed by atoms with E-state index in [0.717, 1.165) is 12.1 Å². The van der Waals surface area contributed by atoms with Gasteiger partial charge in [0.15, 0.2) is 0 Å². The molecule has 0 atom stereocenters. The second-order valence-corrected chi connectivity index (χ2v) is 7.16. The van der Waals surface area contributed by atoms with Crippen LogP contribution in [0.5, 0.6) is 0 Å². The summed E-state index contributed by atoms with van der Waals surface area (Å²) in [6.45, 7) is -0.169. The molecule has 3 rings (SSSR count). The van der Waals surface area contributed by atoms with Crippen LogP contribution in [-0.2, 0) is 17.5 Å². The summed E-state index contributed by atoms with van der Waals surface area (Å²) < 4.78 is 71.1. The highest BCUT2D eigenvalue weighted by Crippen LogP contribution is 2.30. The van der Waals surface area contributed by atoms with Crippen LogP contribution in [0.25, 0.3) is 0 Å². The van der Waals surface area contributed by atoms with E-state index in [1.165, 1.54) is 30.3 Å². The van der Waals surface area contributed by atoms with Crippen molar-refractivity contribution in [3.63, 3.8) is 0 Å². The molecule has 0 bridgehead atoms. The number of nitrogens with one attached hydrogen (secondary N) is 2. The zero-order valence-electron chi connectivity index (χ0n) is 15.9. The Hall–Kier alpha value is -2.68. The van der Waals surface area contributed by atoms with Crippen LogP contribution in [0.4, 0.5) is 32.4 Å². The monoisotopic (exact) mass is 428 g/mol. The van der Waals surface area contributed by atoms with Gasteiger partial charge in [-0.3, -0.25) is 0 Å². The molecule has 2 amide bonds. The van der Waals surface area contributed by atoms with Gasteiger partial charge in [-0.25, -0.2) is 13.6 Å². The third-order valence-electron chi connectivity index (χ3n) is 4.98. The number of urea groups is 1.